The van der Waals surface area contributed by atoms with E-state index in [4.69, 9.17) is 5.11 Å². The van der Waals surface area contributed by atoms with Crippen LogP contribution in [0.1, 0.15) is 23.2 Å². The summed E-state index contributed by atoms with van der Waals surface area (Å²) in [5.41, 5.74) is 1.05. The highest BCUT2D eigenvalue weighted by atomic mass is 32.2. The van der Waals surface area contributed by atoms with E-state index in [0.29, 0.717) is 25.2 Å². The lowest BCUT2D eigenvalue weighted by molar-refractivity contribution is 0.0624. The van der Waals surface area contributed by atoms with E-state index < -0.39 is 16.4 Å². The van der Waals surface area contributed by atoms with E-state index in [0.717, 1.165) is 29.7 Å². The van der Waals surface area contributed by atoms with Crippen molar-refractivity contribution in [3.8, 4) is 0 Å². The smallest absolute Gasteiger partial charge is 0.254 e. The number of amides is 1. The minimum Gasteiger partial charge on any atom is -0.395 e. The van der Waals surface area contributed by atoms with E-state index in [2.05, 4.69) is 19.9 Å². The standard InChI is InChI=1S/C21H23N5O4S/c27-11-12-31(29,30)16-3-1-15(2-4-16)20(28)26-10-9-25(13-21(26)6-7-21)19-17-5-8-22-18(17)23-14-24-19/h1-5,8,14,27H,6-7,9-13H2,(H,22,23,24). The van der Waals surface area contributed by atoms with Gasteiger partial charge in [0.05, 0.1) is 28.2 Å². The van der Waals surface area contributed by atoms with Crippen molar-refractivity contribution in [2.24, 2.45) is 0 Å². The number of carbonyl (C=O) groups excluding carboxylic acids is 1. The van der Waals surface area contributed by atoms with Crippen molar-refractivity contribution in [2.75, 3.05) is 36.9 Å². The first-order valence-electron chi connectivity index (χ1n) is 10.2. The summed E-state index contributed by atoms with van der Waals surface area (Å²) in [5.74, 6) is 0.462. The second-order valence-corrected chi connectivity index (χ2v) is 10.2. The predicted octanol–water partition coefficient (Wildman–Crippen LogP) is 1.22. The minimum absolute atomic E-state index is 0.0854. The highest BCUT2D eigenvalue weighted by Gasteiger charge is 2.53. The first-order chi connectivity index (χ1) is 14.9. The molecule has 0 unspecified atom stereocenters. The zero-order valence-corrected chi connectivity index (χ0v) is 17.7. The van der Waals surface area contributed by atoms with Crippen LogP contribution < -0.4 is 4.90 Å². The van der Waals surface area contributed by atoms with Gasteiger partial charge in [-0.2, -0.15) is 0 Å². The maximum Gasteiger partial charge on any atom is 0.254 e. The molecule has 1 saturated heterocycles. The Kier molecular flexibility index (Phi) is 4.71. The molecule has 1 aromatic carbocycles. The number of benzene rings is 1. The molecular formula is C21H23N5O4S. The van der Waals surface area contributed by atoms with Crippen molar-refractivity contribution < 1.29 is 18.3 Å². The Labute approximate surface area is 179 Å². The monoisotopic (exact) mass is 441 g/mol. The van der Waals surface area contributed by atoms with Crippen LogP contribution in [0.4, 0.5) is 5.82 Å². The van der Waals surface area contributed by atoms with E-state index in [1.165, 1.54) is 12.1 Å². The summed E-state index contributed by atoms with van der Waals surface area (Å²) in [5, 5.41) is 9.91. The number of anilines is 1. The van der Waals surface area contributed by atoms with Crippen LogP contribution in [0.2, 0.25) is 0 Å². The zero-order valence-electron chi connectivity index (χ0n) is 16.9. The molecule has 1 saturated carbocycles. The Morgan fingerprint density at radius 3 is 2.61 bits per heavy atom. The molecule has 162 valence electrons. The summed E-state index contributed by atoms with van der Waals surface area (Å²) in [6.07, 6.45) is 5.26. The molecule has 1 spiro atoms. The van der Waals surface area contributed by atoms with Crippen molar-refractivity contribution in [1.82, 2.24) is 19.9 Å². The lowest BCUT2D eigenvalue weighted by Crippen LogP contribution is -2.57. The largest absolute Gasteiger partial charge is 0.395 e. The van der Waals surface area contributed by atoms with Crippen LogP contribution in [0.3, 0.4) is 0 Å². The van der Waals surface area contributed by atoms with Crippen molar-refractivity contribution in [3.05, 3.63) is 48.4 Å². The lowest BCUT2D eigenvalue weighted by atomic mass is 10.1. The zero-order chi connectivity index (χ0) is 21.6. The van der Waals surface area contributed by atoms with Gasteiger partial charge in [-0.25, -0.2) is 18.4 Å². The molecule has 2 fully saturated rings. The number of hydrogen-bond acceptors (Lipinski definition) is 7. The van der Waals surface area contributed by atoms with Gasteiger partial charge in [0.25, 0.3) is 5.91 Å². The number of aromatic nitrogens is 3. The summed E-state index contributed by atoms with van der Waals surface area (Å²) < 4.78 is 24.2. The highest BCUT2D eigenvalue weighted by molar-refractivity contribution is 7.91. The normalized spacial score (nSPS) is 18.0. The molecule has 1 amide bonds. The molecule has 2 aliphatic rings. The predicted molar refractivity (Wildman–Crippen MR) is 115 cm³/mol. The topological polar surface area (TPSA) is 119 Å². The number of carbonyl (C=O) groups is 1. The summed E-state index contributed by atoms with van der Waals surface area (Å²) in [4.78, 5) is 29.4. The van der Waals surface area contributed by atoms with Gasteiger partial charge < -0.3 is 19.9 Å². The van der Waals surface area contributed by atoms with Crippen molar-refractivity contribution in [3.63, 3.8) is 0 Å². The highest BCUT2D eigenvalue weighted by Crippen LogP contribution is 2.46. The van der Waals surface area contributed by atoms with Crippen molar-refractivity contribution in [1.29, 1.82) is 0 Å². The Bertz CT molecular complexity index is 1230. The van der Waals surface area contributed by atoms with Crippen molar-refractivity contribution >= 4 is 32.6 Å². The molecule has 2 N–H and O–H groups in total. The maximum atomic E-state index is 13.2. The second-order valence-electron chi connectivity index (χ2n) is 8.11. The number of piperazine rings is 1. The van der Waals surface area contributed by atoms with Gasteiger partial charge in [0.1, 0.15) is 17.8 Å². The number of H-pyrrole nitrogens is 1. The van der Waals surface area contributed by atoms with Gasteiger partial charge in [-0.1, -0.05) is 0 Å². The van der Waals surface area contributed by atoms with Gasteiger partial charge in [0, 0.05) is 31.4 Å². The molecule has 3 heterocycles. The number of sulfone groups is 1. The third kappa shape index (κ3) is 3.45. The SMILES string of the molecule is O=C(c1ccc(S(=O)(=O)CCO)cc1)N1CCN(c2ncnc3[nH]ccc23)CC12CC2. The molecule has 10 heteroatoms. The molecule has 1 aliphatic carbocycles. The Morgan fingerprint density at radius 2 is 1.90 bits per heavy atom. The number of nitrogens with one attached hydrogen (secondary N) is 1. The van der Waals surface area contributed by atoms with Crippen LogP contribution in [0, 0.1) is 0 Å². The Morgan fingerprint density at radius 1 is 1.13 bits per heavy atom. The third-order valence-corrected chi connectivity index (χ3v) is 7.89. The molecule has 2 aromatic heterocycles. The Balaban J connectivity index is 1.36. The van der Waals surface area contributed by atoms with E-state index in [1.807, 2.05) is 17.2 Å². The maximum absolute atomic E-state index is 13.2. The molecule has 0 atom stereocenters. The molecule has 9 nitrogen and oxygen atoms in total. The van der Waals surface area contributed by atoms with Crippen LogP contribution in [0.5, 0.6) is 0 Å². The van der Waals surface area contributed by atoms with Gasteiger partial charge in [0.15, 0.2) is 9.84 Å². The van der Waals surface area contributed by atoms with E-state index in [1.54, 1.807) is 18.5 Å². The molecule has 0 radical (unpaired) electrons. The molecule has 5 rings (SSSR count). The Hall–Kier alpha value is -2.98. The first-order valence-corrected chi connectivity index (χ1v) is 11.9. The minimum atomic E-state index is -3.54. The summed E-state index contributed by atoms with van der Waals surface area (Å²) in [6.45, 7) is 1.50. The molecule has 0 bridgehead atoms. The van der Waals surface area contributed by atoms with Gasteiger partial charge >= 0.3 is 0 Å². The molecule has 1 aliphatic heterocycles. The number of hydrogen-bond donors (Lipinski definition) is 2. The summed E-state index contributed by atoms with van der Waals surface area (Å²) in [7, 11) is -3.54. The quantitative estimate of drug-likeness (QED) is 0.611. The second kappa shape index (κ2) is 7.31. The fraction of sp³-hybridized carbons (Fsp3) is 0.381. The number of fused-ring (bicyclic) bond motifs is 1. The van der Waals surface area contributed by atoms with Gasteiger partial charge in [-0.15, -0.1) is 0 Å². The number of aliphatic hydroxyl groups is 1. The van der Waals surface area contributed by atoms with Gasteiger partial charge in [-0.3, -0.25) is 4.79 Å². The van der Waals surface area contributed by atoms with Crippen LogP contribution in [-0.4, -0.2) is 76.8 Å². The van der Waals surface area contributed by atoms with Crippen LogP contribution in [0.15, 0.2) is 47.8 Å². The van der Waals surface area contributed by atoms with Crippen LogP contribution in [0.25, 0.3) is 11.0 Å². The number of nitrogens with zero attached hydrogens (tertiary/aromatic N) is 4. The molecule has 31 heavy (non-hydrogen) atoms. The van der Waals surface area contributed by atoms with Crippen LogP contribution in [-0.2, 0) is 9.84 Å². The fourth-order valence-electron chi connectivity index (χ4n) is 4.36. The van der Waals surface area contributed by atoms with E-state index >= 15 is 0 Å². The van der Waals surface area contributed by atoms with E-state index in [-0.39, 0.29) is 22.1 Å². The average Bonchev–Trinajstić information content (AvgIpc) is 3.34. The number of aliphatic hydroxyl groups excluding tert-OH is 1. The molecule has 3 aromatic rings. The third-order valence-electron chi connectivity index (χ3n) is 6.18. The molecular weight excluding hydrogens is 418 g/mol. The number of rotatable bonds is 5. The number of aromatic amines is 1. The summed E-state index contributed by atoms with van der Waals surface area (Å²) in [6, 6.07) is 7.97. The van der Waals surface area contributed by atoms with Crippen LogP contribution >= 0.6 is 0 Å². The lowest BCUT2D eigenvalue weighted by Gasteiger charge is -2.42. The fourth-order valence-corrected chi connectivity index (χ4v) is 5.38. The van der Waals surface area contributed by atoms with Gasteiger partial charge in [0.2, 0.25) is 0 Å². The average molecular weight is 442 g/mol. The van der Waals surface area contributed by atoms with Gasteiger partial charge in [-0.05, 0) is 43.2 Å². The van der Waals surface area contributed by atoms with Crippen molar-refractivity contribution in [2.45, 2.75) is 23.3 Å². The first kappa shape index (κ1) is 20.0. The van der Waals surface area contributed by atoms with E-state index in [9.17, 15) is 13.2 Å². The summed E-state index contributed by atoms with van der Waals surface area (Å²) >= 11 is 0.